The maximum atomic E-state index is 11.8. The summed E-state index contributed by atoms with van der Waals surface area (Å²) in [6.45, 7) is 1.59. The van der Waals surface area contributed by atoms with Crippen molar-refractivity contribution in [3.63, 3.8) is 0 Å². The van der Waals surface area contributed by atoms with Crippen molar-refractivity contribution in [2.75, 3.05) is 0 Å². The van der Waals surface area contributed by atoms with Gasteiger partial charge in [0.15, 0.2) is 0 Å². The van der Waals surface area contributed by atoms with Gasteiger partial charge in [-0.15, -0.1) is 0 Å². The number of sulfonamides is 1. The average molecular weight is 269 g/mol. The lowest BCUT2D eigenvalue weighted by Gasteiger charge is -2.07. The van der Waals surface area contributed by atoms with Crippen molar-refractivity contribution in [3.05, 3.63) is 42.0 Å². The van der Waals surface area contributed by atoms with Gasteiger partial charge in [0.2, 0.25) is 0 Å². The Hall–Kier alpha value is -2.15. The van der Waals surface area contributed by atoms with Crippen molar-refractivity contribution in [1.82, 2.24) is 4.72 Å². The number of aliphatic carboxylic acids is 1. The third-order valence-electron chi connectivity index (χ3n) is 2.00. The van der Waals surface area contributed by atoms with Crippen LogP contribution in [-0.4, -0.2) is 25.4 Å². The molecule has 0 fully saturated rings. The Morgan fingerprint density at radius 3 is 2.39 bits per heavy atom. The molecule has 0 atom stereocenters. The number of carbonyl (C=O) groups is 2. The summed E-state index contributed by atoms with van der Waals surface area (Å²) in [5, 5.41) is 8.31. The lowest BCUT2D eigenvalue weighted by Crippen LogP contribution is -2.29. The largest absolute Gasteiger partial charge is 0.478 e. The van der Waals surface area contributed by atoms with Crippen LogP contribution in [0.2, 0.25) is 0 Å². The highest BCUT2D eigenvalue weighted by atomic mass is 32.2. The van der Waals surface area contributed by atoms with Crippen LogP contribution >= 0.6 is 0 Å². The van der Waals surface area contributed by atoms with Gasteiger partial charge in [-0.2, -0.15) is 0 Å². The van der Waals surface area contributed by atoms with Gasteiger partial charge in [-0.1, -0.05) is 18.2 Å². The molecule has 1 aromatic rings. The van der Waals surface area contributed by atoms with Crippen LogP contribution in [0.4, 0.5) is 0 Å². The van der Waals surface area contributed by atoms with Gasteiger partial charge < -0.3 is 5.11 Å². The molecule has 0 aliphatic heterocycles. The molecule has 0 aliphatic rings. The summed E-state index contributed by atoms with van der Waals surface area (Å²) >= 11 is 0. The topological polar surface area (TPSA) is 101 Å². The minimum absolute atomic E-state index is 0.0259. The van der Waals surface area contributed by atoms with Crippen LogP contribution in [0.3, 0.4) is 0 Å². The molecule has 0 radical (unpaired) electrons. The second-order valence-electron chi connectivity index (χ2n) is 3.41. The van der Waals surface area contributed by atoms with E-state index in [0.717, 1.165) is 0 Å². The van der Waals surface area contributed by atoms with E-state index in [1.165, 1.54) is 12.1 Å². The number of aryl methyl sites for hydroxylation is 1. The summed E-state index contributed by atoms with van der Waals surface area (Å²) < 4.78 is 25.3. The maximum absolute atomic E-state index is 11.8. The van der Waals surface area contributed by atoms with Crippen LogP contribution in [0.1, 0.15) is 5.56 Å². The van der Waals surface area contributed by atoms with E-state index in [4.69, 9.17) is 5.11 Å². The van der Waals surface area contributed by atoms with E-state index in [1.807, 2.05) is 0 Å². The molecule has 7 heteroatoms. The lowest BCUT2D eigenvalue weighted by atomic mass is 10.2. The maximum Gasteiger partial charge on any atom is 0.328 e. The molecule has 0 spiro atoms. The van der Waals surface area contributed by atoms with Crippen LogP contribution < -0.4 is 4.72 Å². The SMILES string of the molecule is Cc1ccccc1S(=O)(=O)NC(=O)/C=C/C(=O)O. The second-order valence-corrected chi connectivity index (χ2v) is 5.06. The van der Waals surface area contributed by atoms with E-state index in [0.29, 0.717) is 17.7 Å². The third kappa shape index (κ3) is 3.70. The molecule has 1 amide bonds. The number of amides is 1. The van der Waals surface area contributed by atoms with E-state index in [9.17, 15) is 18.0 Å². The molecular weight excluding hydrogens is 258 g/mol. The molecule has 0 saturated carbocycles. The molecule has 1 aromatic carbocycles. The summed E-state index contributed by atoms with van der Waals surface area (Å²) in [7, 11) is -3.98. The van der Waals surface area contributed by atoms with Crippen LogP contribution in [0, 0.1) is 6.92 Å². The quantitative estimate of drug-likeness (QED) is 0.772. The zero-order chi connectivity index (χ0) is 13.8. The predicted molar refractivity (Wildman–Crippen MR) is 63.3 cm³/mol. The van der Waals surface area contributed by atoms with Gasteiger partial charge in [0.25, 0.3) is 15.9 Å². The van der Waals surface area contributed by atoms with E-state index in [1.54, 1.807) is 23.8 Å². The summed E-state index contributed by atoms with van der Waals surface area (Å²) in [5.74, 6) is -2.35. The zero-order valence-electron chi connectivity index (χ0n) is 9.45. The fourth-order valence-corrected chi connectivity index (χ4v) is 2.42. The molecule has 6 nitrogen and oxygen atoms in total. The van der Waals surface area contributed by atoms with Gasteiger partial charge in [-0.3, -0.25) is 4.79 Å². The number of benzene rings is 1. The van der Waals surface area contributed by atoms with Gasteiger partial charge in [-0.25, -0.2) is 17.9 Å². The molecule has 0 unspecified atom stereocenters. The van der Waals surface area contributed by atoms with E-state index in [-0.39, 0.29) is 4.90 Å². The summed E-state index contributed by atoms with van der Waals surface area (Å²) in [5.41, 5.74) is 0.486. The van der Waals surface area contributed by atoms with Crippen LogP contribution in [0.25, 0.3) is 0 Å². The molecule has 0 heterocycles. The number of rotatable bonds is 4. The summed E-state index contributed by atoms with van der Waals surface area (Å²) in [6, 6.07) is 6.14. The number of carbonyl (C=O) groups excluding carboxylic acids is 1. The fraction of sp³-hybridized carbons (Fsp3) is 0.0909. The zero-order valence-corrected chi connectivity index (χ0v) is 10.3. The lowest BCUT2D eigenvalue weighted by molar-refractivity contribution is -0.131. The van der Waals surface area contributed by atoms with E-state index in [2.05, 4.69) is 0 Å². The van der Waals surface area contributed by atoms with Crippen LogP contribution in [0.15, 0.2) is 41.3 Å². The highest BCUT2D eigenvalue weighted by Crippen LogP contribution is 2.13. The van der Waals surface area contributed by atoms with Crippen molar-refractivity contribution < 1.29 is 23.1 Å². The van der Waals surface area contributed by atoms with Crippen molar-refractivity contribution in [1.29, 1.82) is 0 Å². The van der Waals surface area contributed by atoms with Gasteiger partial charge in [0.05, 0.1) is 4.90 Å². The predicted octanol–water partition coefficient (Wildman–Crippen LogP) is 0.441. The number of carboxylic acids is 1. The van der Waals surface area contributed by atoms with Gasteiger partial charge in [0, 0.05) is 12.2 Å². The normalized spacial score (nSPS) is 11.4. The summed E-state index contributed by atoms with van der Waals surface area (Å²) in [6.07, 6.45) is 1.20. The van der Waals surface area contributed by atoms with Crippen molar-refractivity contribution >= 4 is 21.9 Å². The summed E-state index contributed by atoms with van der Waals surface area (Å²) in [4.78, 5) is 21.4. The Kier molecular flexibility index (Phi) is 4.22. The highest BCUT2D eigenvalue weighted by molar-refractivity contribution is 7.90. The molecule has 0 aliphatic carbocycles. The van der Waals surface area contributed by atoms with Gasteiger partial charge in [-0.05, 0) is 18.6 Å². The Bertz CT molecular complexity index is 604. The van der Waals surface area contributed by atoms with Crippen LogP contribution in [0.5, 0.6) is 0 Å². The monoisotopic (exact) mass is 269 g/mol. The van der Waals surface area contributed by atoms with E-state index < -0.39 is 21.9 Å². The fourth-order valence-electron chi connectivity index (χ4n) is 1.23. The van der Waals surface area contributed by atoms with Crippen molar-refractivity contribution in [2.45, 2.75) is 11.8 Å². The second kappa shape index (κ2) is 5.46. The molecule has 2 N–H and O–H groups in total. The number of hydrogen-bond donors (Lipinski definition) is 2. The Labute approximate surface area is 104 Å². The molecule has 0 saturated heterocycles. The smallest absolute Gasteiger partial charge is 0.328 e. The van der Waals surface area contributed by atoms with Crippen molar-refractivity contribution in [3.8, 4) is 0 Å². The average Bonchev–Trinajstić information content (AvgIpc) is 2.26. The molecule has 1 rings (SSSR count). The first kappa shape index (κ1) is 13.9. The van der Waals surface area contributed by atoms with Crippen molar-refractivity contribution in [2.24, 2.45) is 0 Å². The molecule has 96 valence electrons. The number of nitrogens with one attached hydrogen (secondary N) is 1. The molecule has 0 bridgehead atoms. The minimum atomic E-state index is -3.98. The van der Waals surface area contributed by atoms with Gasteiger partial charge in [0.1, 0.15) is 0 Å². The first-order valence-electron chi connectivity index (χ1n) is 4.86. The Morgan fingerprint density at radius 2 is 1.83 bits per heavy atom. The molecule has 0 aromatic heterocycles. The third-order valence-corrected chi connectivity index (χ3v) is 3.50. The highest BCUT2D eigenvalue weighted by Gasteiger charge is 2.17. The standard InChI is InChI=1S/C11H11NO5S/c1-8-4-2-3-5-9(8)18(16,17)12-10(13)6-7-11(14)15/h2-7H,1H3,(H,12,13)(H,14,15)/b7-6+. The first-order chi connectivity index (χ1) is 8.33. The first-order valence-corrected chi connectivity index (χ1v) is 6.34. The van der Waals surface area contributed by atoms with Crippen LogP contribution in [-0.2, 0) is 19.6 Å². The van der Waals surface area contributed by atoms with Gasteiger partial charge >= 0.3 is 5.97 Å². The number of carboxylic acid groups (broad SMARTS) is 1. The Balaban J connectivity index is 2.94. The number of hydrogen-bond acceptors (Lipinski definition) is 4. The minimum Gasteiger partial charge on any atom is -0.478 e. The Morgan fingerprint density at radius 1 is 1.22 bits per heavy atom. The van der Waals surface area contributed by atoms with E-state index >= 15 is 0 Å². The molecular formula is C11H11NO5S. The molecule has 18 heavy (non-hydrogen) atoms.